The van der Waals surface area contributed by atoms with Gasteiger partial charge in [-0.15, -0.1) is 0 Å². The van der Waals surface area contributed by atoms with Crippen molar-refractivity contribution >= 4 is 56.8 Å². The summed E-state index contributed by atoms with van der Waals surface area (Å²) >= 11 is 15.6. The van der Waals surface area contributed by atoms with Gasteiger partial charge in [-0.05, 0) is 46.5 Å². The molecule has 0 aliphatic carbocycles. The van der Waals surface area contributed by atoms with Gasteiger partial charge in [0.25, 0.3) is 0 Å². The lowest BCUT2D eigenvalue weighted by Gasteiger charge is -2.15. The van der Waals surface area contributed by atoms with E-state index in [2.05, 4.69) is 21.0 Å². The van der Waals surface area contributed by atoms with Crippen molar-refractivity contribution < 1.29 is 14.3 Å². The maximum Gasteiger partial charge on any atom is 0.241 e. The number of ether oxygens (including phenoxy) is 1. The number of fused-ring (bicyclic) bond motifs is 5. The third kappa shape index (κ3) is 2.67. The number of halogens is 3. The molecule has 4 atom stereocenters. The zero-order valence-electron chi connectivity index (χ0n) is 13.9. The lowest BCUT2D eigenvalue weighted by atomic mass is 9.81. The summed E-state index contributed by atoms with van der Waals surface area (Å²) in [5, 5.41) is 5.56. The molecule has 5 rings (SSSR count). The van der Waals surface area contributed by atoms with E-state index in [9.17, 15) is 9.59 Å². The zero-order valence-corrected chi connectivity index (χ0v) is 17.0. The van der Waals surface area contributed by atoms with Crippen LogP contribution < -0.4 is 4.90 Å². The maximum atomic E-state index is 12.9. The van der Waals surface area contributed by atoms with Crippen LogP contribution in [0.25, 0.3) is 0 Å². The predicted octanol–water partition coefficient (Wildman–Crippen LogP) is 3.67. The van der Waals surface area contributed by atoms with E-state index in [0.717, 1.165) is 18.4 Å². The van der Waals surface area contributed by atoms with E-state index >= 15 is 0 Å². The molecule has 3 aliphatic heterocycles. The fraction of sp³-hybridized carbons (Fsp3) is 0.389. The Hall–Kier alpha value is -1.41. The Morgan fingerprint density at radius 3 is 2.44 bits per heavy atom. The Morgan fingerprint density at radius 1 is 1.15 bits per heavy atom. The summed E-state index contributed by atoms with van der Waals surface area (Å²) in [7, 11) is 0. The highest BCUT2D eigenvalue weighted by molar-refractivity contribution is 9.10. The lowest BCUT2D eigenvalue weighted by molar-refractivity contribution is -0.124. The normalized spacial score (nSPS) is 29.1. The van der Waals surface area contributed by atoms with Crippen molar-refractivity contribution in [3.05, 3.63) is 44.5 Å². The summed E-state index contributed by atoms with van der Waals surface area (Å²) in [5.74, 6) is -0.859. The summed E-state index contributed by atoms with van der Waals surface area (Å²) in [6, 6.07) is 5.25. The van der Waals surface area contributed by atoms with Gasteiger partial charge in [0.2, 0.25) is 11.8 Å². The number of anilines is 1. The van der Waals surface area contributed by atoms with Crippen molar-refractivity contribution in [2.45, 2.75) is 31.6 Å². The first-order valence-electron chi connectivity index (χ1n) is 8.64. The molecule has 2 bridgehead atoms. The molecular formula is C18H14BrCl2N3O3. The SMILES string of the molecule is O=C1[C@H]2[C@H](C(=O)N1c1nn(Cc3ccc(Cl)cc3Cl)cc1Br)[C@H]1CC[C@H]2O1. The zero-order chi connectivity index (χ0) is 18.9. The van der Waals surface area contributed by atoms with Crippen LogP contribution >= 0.6 is 39.1 Å². The van der Waals surface area contributed by atoms with Gasteiger partial charge >= 0.3 is 0 Å². The van der Waals surface area contributed by atoms with Gasteiger partial charge in [0.1, 0.15) is 0 Å². The van der Waals surface area contributed by atoms with Gasteiger partial charge in [0.15, 0.2) is 5.82 Å². The molecule has 0 N–H and O–H groups in total. The molecule has 6 nitrogen and oxygen atoms in total. The molecule has 0 spiro atoms. The third-order valence-electron chi connectivity index (χ3n) is 5.54. The fourth-order valence-corrected chi connectivity index (χ4v) is 5.33. The molecular weight excluding hydrogens is 457 g/mol. The minimum atomic E-state index is -0.376. The van der Waals surface area contributed by atoms with E-state index in [1.165, 1.54) is 4.90 Å². The van der Waals surface area contributed by atoms with Gasteiger partial charge < -0.3 is 4.74 Å². The molecule has 1 aromatic heterocycles. The number of carbonyl (C=O) groups excluding carboxylic acids is 2. The Morgan fingerprint density at radius 2 is 1.81 bits per heavy atom. The van der Waals surface area contributed by atoms with Gasteiger partial charge in [-0.25, -0.2) is 4.90 Å². The fourth-order valence-electron chi connectivity index (χ4n) is 4.36. The quantitative estimate of drug-likeness (QED) is 0.642. The summed E-state index contributed by atoms with van der Waals surface area (Å²) in [6.07, 6.45) is 3.12. The molecule has 3 saturated heterocycles. The predicted molar refractivity (Wildman–Crippen MR) is 103 cm³/mol. The van der Waals surface area contributed by atoms with Crippen molar-refractivity contribution in [3.8, 4) is 0 Å². The number of nitrogens with zero attached hydrogens (tertiary/aromatic N) is 3. The van der Waals surface area contributed by atoms with E-state index in [0.29, 0.717) is 26.9 Å². The molecule has 0 radical (unpaired) electrons. The number of rotatable bonds is 3. The van der Waals surface area contributed by atoms with E-state index in [1.54, 1.807) is 23.0 Å². The first-order valence-corrected chi connectivity index (χ1v) is 10.2. The molecule has 2 amide bonds. The van der Waals surface area contributed by atoms with Gasteiger partial charge in [0.05, 0.1) is 35.1 Å². The lowest BCUT2D eigenvalue weighted by Crippen LogP contribution is -2.34. The number of hydrogen-bond acceptors (Lipinski definition) is 4. The molecule has 3 aliphatic rings. The van der Waals surface area contributed by atoms with Crippen molar-refractivity contribution in [3.63, 3.8) is 0 Å². The highest BCUT2D eigenvalue weighted by Crippen LogP contribution is 2.49. The van der Waals surface area contributed by atoms with Gasteiger partial charge in [-0.1, -0.05) is 29.3 Å². The second-order valence-corrected chi connectivity index (χ2v) is 8.79. The first-order chi connectivity index (χ1) is 12.9. The Labute approximate surface area is 173 Å². The largest absolute Gasteiger partial charge is 0.373 e. The van der Waals surface area contributed by atoms with Crippen LogP contribution in [0.5, 0.6) is 0 Å². The molecule has 1 aromatic carbocycles. The molecule has 2 aromatic rings. The van der Waals surface area contributed by atoms with E-state index < -0.39 is 0 Å². The smallest absolute Gasteiger partial charge is 0.241 e. The topological polar surface area (TPSA) is 64.4 Å². The summed E-state index contributed by atoms with van der Waals surface area (Å²) in [6.45, 7) is 0.395. The van der Waals surface area contributed by atoms with E-state index in [4.69, 9.17) is 27.9 Å². The number of benzene rings is 1. The molecule has 0 saturated carbocycles. The van der Waals surface area contributed by atoms with Crippen LogP contribution in [0, 0.1) is 11.8 Å². The Kier molecular flexibility index (Phi) is 4.13. The van der Waals surface area contributed by atoms with Crippen molar-refractivity contribution in [1.82, 2.24) is 9.78 Å². The average molecular weight is 471 g/mol. The number of aromatic nitrogens is 2. The molecule has 9 heteroatoms. The van der Waals surface area contributed by atoms with Crippen molar-refractivity contribution in [2.75, 3.05) is 4.90 Å². The second kappa shape index (κ2) is 6.30. The summed E-state index contributed by atoms with van der Waals surface area (Å²) in [4.78, 5) is 27.1. The third-order valence-corrected chi connectivity index (χ3v) is 6.69. The van der Waals surface area contributed by atoms with Crippen LogP contribution in [0.2, 0.25) is 10.0 Å². The number of hydrogen-bond donors (Lipinski definition) is 0. The standard InChI is InChI=1S/C18H14BrCl2N3O3/c19-10-7-23(6-8-1-2-9(20)5-11(8)21)22-16(10)24-17(25)14-12-3-4-13(27-12)15(14)18(24)26/h1-2,5,7,12-15H,3-4,6H2/t12-,13-,14-,15-/m1/s1. The van der Waals surface area contributed by atoms with Gasteiger partial charge in [-0.2, -0.15) is 5.10 Å². The molecule has 4 heterocycles. The molecule has 3 fully saturated rings. The molecule has 27 heavy (non-hydrogen) atoms. The van der Waals surface area contributed by atoms with Crippen molar-refractivity contribution in [1.29, 1.82) is 0 Å². The van der Waals surface area contributed by atoms with Crippen LogP contribution in [0.15, 0.2) is 28.9 Å². The Balaban J connectivity index is 1.45. The van der Waals surface area contributed by atoms with Crippen LogP contribution in [-0.4, -0.2) is 33.8 Å². The minimum absolute atomic E-state index is 0.143. The highest BCUT2D eigenvalue weighted by Gasteiger charge is 2.63. The number of carbonyl (C=O) groups is 2. The average Bonchev–Trinajstić information content (AvgIpc) is 3.36. The van der Waals surface area contributed by atoms with Crippen LogP contribution in [0.3, 0.4) is 0 Å². The van der Waals surface area contributed by atoms with Crippen molar-refractivity contribution in [2.24, 2.45) is 11.8 Å². The first kappa shape index (κ1) is 17.7. The Bertz CT molecular complexity index is 951. The number of imide groups is 1. The molecule has 0 unspecified atom stereocenters. The summed E-state index contributed by atoms with van der Waals surface area (Å²) in [5.41, 5.74) is 0.838. The van der Waals surface area contributed by atoms with Crippen LogP contribution in [0.1, 0.15) is 18.4 Å². The van der Waals surface area contributed by atoms with Gasteiger partial charge in [0, 0.05) is 16.2 Å². The second-order valence-electron chi connectivity index (χ2n) is 7.09. The summed E-state index contributed by atoms with van der Waals surface area (Å²) < 4.78 is 8.00. The minimum Gasteiger partial charge on any atom is -0.373 e. The number of amides is 2. The monoisotopic (exact) mass is 469 g/mol. The van der Waals surface area contributed by atoms with E-state index in [-0.39, 0.29) is 35.9 Å². The maximum absolute atomic E-state index is 12.9. The van der Waals surface area contributed by atoms with E-state index in [1.807, 2.05) is 6.07 Å². The highest BCUT2D eigenvalue weighted by atomic mass is 79.9. The molecule has 140 valence electrons. The van der Waals surface area contributed by atoms with Gasteiger partial charge in [-0.3, -0.25) is 14.3 Å². The van der Waals surface area contributed by atoms with Crippen LogP contribution in [-0.2, 0) is 20.9 Å². The van der Waals surface area contributed by atoms with Crippen LogP contribution in [0.4, 0.5) is 5.82 Å².